The van der Waals surface area contributed by atoms with Crippen molar-refractivity contribution in [2.24, 2.45) is 0 Å². The number of benzene rings is 1. The van der Waals surface area contributed by atoms with Gasteiger partial charge in [-0.05, 0) is 48.2 Å². The second-order valence-electron chi connectivity index (χ2n) is 9.50. The van der Waals surface area contributed by atoms with Gasteiger partial charge in [-0.3, -0.25) is 24.5 Å². The Morgan fingerprint density at radius 1 is 0.886 bits per heavy atom. The molecule has 0 bridgehead atoms. The lowest BCUT2D eigenvalue weighted by Gasteiger charge is -2.32. The topological polar surface area (TPSA) is 75.2 Å². The summed E-state index contributed by atoms with van der Waals surface area (Å²) in [5, 5.41) is 3.58. The molecule has 6 nitrogen and oxygen atoms in total. The molecule has 178 valence electrons. The molecule has 1 aliphatic carbocycles. The van der Waals surface area contributed by atoms with Crippen molar-refractivity contribution in [1.29, 1.82) is 0 Å². The normalized spacial score (nSPS) is 19.0. The summed E-state index contributed by atoms with van der Waals surface area (Å²) in [7, 11) is 0. The molecular weight excluding hydrogens is 436 g/mol. The maximum atomic E-state index is 14.3. The number of nitrogens with one attached hydrogen (secondary N) is 1. The van der Waals surface area contributed by atoms with Gasteiger partial charge in [-0.1, -0.05) is 49.6 Å². The van der Waals surface area contributed by atoms with Crippen LogP contribution in [0.15, 0.2) is 91.3 Å². The van der Waals surface area contributed by atoms with Crippen LogP contribution in [-0.2, 0) is 17.6 Å². The number of aromatic nitrogens is 2. The van der Waals surface area contributed by atoms with E-state index in [1.54, 1.807) is 30.9 Å². The van der Waals surface area contributed by atoms with Gasteiger partial charge in [-0.2, -0.15) is 0 Å². The highest BCUT2D eigenvalue weighted by Gasteiger charge is 2.51. The second kappa shape index (κ2) is 10.2. The lowest BCUT2D eigenvalue weighted by Crippen LogP contribution is -2.51. The van der Waals surface area contributed by atoms with E-state index in [1.165, 1.54) is 6.42 Å². The van der Waals surface area contributed by atoms with Gasteiger partial charge in [0.2, 0.25) is 0 Å². The molecule has 1 amide bonds. The predicted molar refractivity (Wildman–Crippen MR) is 134 cm³/mol. The highest BCUT2D eigenvalue weighted by atomic mass is 16.2. The third-order valence-electron chi connectivity index (χ3n) is 7.03. The summed E-state index contributed by atoms with van der Waals surface area (Å²) < 4.78 is 0. The number of hydrogen-bond acceptors (Lipinski definition) is 5. The first-order valence-electron chi connectivity index (χ1n) is 12.4. The van der Waals surface area contributed by atoms with Crippen LogP contribution in [0, 0.1) is 0 Å². The monoisotopic (exact) mass is 466 g/mol. The molecule has 1 saturated heterocycles. The minimum Gasteiger partial charge on any atom is -0.357 e. The number of carbonyl (C=O) groups is 2. The molecule has 0 radical (unpaired) electrons. The van der Waals surface area contributed by atoms with Crippen molar-refractivity contribution in [1.82, 2.24) is 20.2 Å². The van der Waals surface area contributed by atoms with Crippen molar-refractivity contribution >= 4 is 11.7 Å². The number of nitrogens with zero attached hydrogens (tertiary/aromatic N) is 3. The average Bonchev–Trinajstić information content (AvgIpc) is 3.16. The van der Waals surface area contributed by atoms with Crippen molar-refractivity contribution in [3.8, 4) is 0 Å². The maximum absolute atomic E-state index is 14.3. The van der Waals surface area contributed by atoms with Crippen LogP contribution in [0.1, 0.15) is 53.6 Å². The van der Waals surface area contributed by atoms with Crippen molar-refractivity contribution in [3.05, 3.63) is 108 Å². The van der Waals surface area contributed by atoms with Crippen molar-refractivity contribution in [3.63, 3.8) is 0 Å². The smallest absolute Gasteiger partial charge is 0.254 e. The Morgan fingerprint density at radius 3 is 2.03 bits per heavy atom. The molecule has 1 aromatic carbocycles. The third-order valence-corrected chi connectivity index (χ3v) is 7.03. The summed E-state index contributed by atoms with van der Waals surface area (Å²) >= 11 is 0. The maximum Gasteiger partial charge on any atom is 0.254 e. The van der Waals surface area contributed by atoms with Gasteiger partial charge >= 0.3 is 0 Å². The van der Waals surface area contributed by atoms with Crippen LogP contribution in [0.25, 0.3) is 0 Å². The first-order valence-corrected chi connectivity index (χ1v) is 12.4. The molecule has 5 rings (SSSR count). The summed E-state index contributed by atoms with van der Waals surface area (Å²) in [6, 6.07) is 17.1. The number of pyridine rings is 2. The molecule has 0 unspecified atom stereocenters. The van der Waals surface area contributed by atoms with E-state index in [4.69, 9.17) is 0 Å². The van der Waals surface area contributed by atoms with Gasteiger partial charge in [0.05, 0.1) is 0 Å². The van der Waals surface area contributed by atoms with Crippen LogP contribution in [0.2, 0.25) is 0 Å². The lowest BCUT2D eigenvalue weighted by molar-refractivity contribution is -0.134. The van der Waals surface area contributed by atoms with Crippen LogP contribution in [0.3, 0.4) is 0 Å². The largest absolute Gasteiger partial charge is 0.357 e. The quantitative estimate of drug-likeness (QED) is 0.410. The number of rotatable bonds is 7. The summed E-state index contributed by atoms with van der Waals surface area (Å²) in [5.74, 6) is 0.536. The van der Waals surface area contributed by atoms with Gasteiger partial charge < -0.3 is 5.32 Å². The lowest BCUT2D eigenvalue weighted by atomic mass is 9.84. The molecule has 1 saturated carbocycles. The van der Waals surface area contributed by atoms with E-state index in [2.05, 4.69) is 15.3 Å². The van der Waals surface area contributed by atoms with E-state index in [9.17, 15) is 9.59 Å². The second-order valence-corrected chi connectivity index (χ2v) is 9.50. The minimum atomic E-state index is -0.900. The van der Waals surface area contributed by atoms with Crippen LogP contribution >= 0.6 is 0 Å². The first-order chi connectivity index (χ1) is 17.1. The summed E-state index contributed by atoms with van der Waals surface area (Å²) in [6.45, 7) is 0. The first kappa shape index (κ1) is 23.0. The molecule has 35 heavy (non-hydrogen) atoms. The number of allylic oxidation sites excluding steroid dienone is 1. The molecule has 2 aromatic heterocycles. The zero-order valence-electron chi connectivity index (χ0n) is 19.8. The highest BCUT2D eigenvalue weighted by Crippen LogP contribution is 2.36. The van der Waals surface area contributed by atoms with E-state index in [-0.39, 0.29) is 17.7 Å². The zero-order chi connectivity index (χ0) is 24.1. The number of hydrogen-bond donors (Lipinski definition) is 1. The molecule has 2 fully saturated rings. The Hall–Kier alpha value is -3.80. The van der Waals surface area contributed by atoms with E-state index in [0.29, 0.717) is 24.2 Å². The van der Waals surface area contributed by atoms with E-state index < -0.39 is 5.54 Å². The van der Waals surface area contributed by atoms with Crippen molar-refractivity contribution < 1.29 is 9.59 Å². The van der Waals surface area contributed by atoms with Gasteiger partial charge in [0.1, 0.15) is 11.4 Å². The number of carbonyl (C=O) groups excluding carboxylic acids is 2. The van der Waals surface area contributed by atoms with Crippen molar-refractivity contribution in [2.45, 2.75) is 56.5 Å². The molecule has 3 heterocycles. The fraction of sp³-hybridized carbons (Fsp3) is 0.310. The zero-order valence-corrected chi connectivity index (χ0v) is 19.8. The predicted octanol–water partition coefficient (Wildman–Crippen LogP) is 4.49. The number of amides is 1. The van der Waals surface area contributed by atoms with E-state index in [0.717, 1.165) is 36.8 Å². The molecule has 6 heteroatoms. The Kier molecular flexibility index (Phi) is 6.70. The fourth-order valence-corrected chi connectivity index (χ4v) is 5.32. The van der Waals surface area contributed by atoms with Crippen LogP contribution < -0.4 is 5.32 Å². The van der Waals surface area contributed by atoms with Gasteiger partial charge in [-0.25, -0.2) is 0 Å². The van der Waals surface area contributed by atoms with Crippen LogP contribution in [0.4, 0.5) is 0 Å². The molecule has 1 aliphatic heterocycles. The third kappa shape index (κ3) is 5.02. The summed E-state index contributed by atoms with van der Waals surface area (Å²) in [5.41, 5.74) is 1.75. The van der Waals surface area contributed by atoms with Gasteiger partial charge in [-0.15, -0.1) is 0 Å². The highest BCUT2D eigenvalue weighted by molar-refractivity contribution is 6.06. The van der Waals surface area contributed by atoms with E-state index >= 15 is 0 Å². The Balaban J connectivity index is 1.57. The molecular formula is C29H30N4O2. The molecule has 1 N–H and O–H groups in total. The van der Waals surface area contributed by atoms with Crippen molar-refractivity contribution in [2.75, 3.05) is 0 Å². The molecule has 0 spiro atoms. The fourth-order valence-electron chi connectivity index (χ4n) is 5.32. The van der Waals surface area contributed by atoms with E-state index in [1.807, 2.05) is 59.5 Å². The summed E-state index contributed by atoms with van der Waals surface area (Å²) in [4.78, 5) is 37.7. The Morgan fingerprint density at radius 2 is 1.46 bits per heavy atom. The summed E-state index contributed by atoms with van der Waals surface area (Å²) in [6.07, 6.45) is 14.9. The SMILES string of the molecule is O=C(C=C1NC(Cc2ccncc2)(Cc2ccncc2)C(=O)N1C1CCCCC1)c1ccccc1. The van der Waals surface area contributed by atoms with Gasteiger partial charge in [0.25, 0.3) is 5.91 Å². The number of ketones is 1. The van der Waals surface area contributed by atoms with Crippen LogP contribution in [-0.4, -0.2) is 38.1 Å². The Labute approximate surface area is 206 Å². The average molecular weight is 467 g/mol. The minimum absolute atomic E-state index is 0.0325. The molecule has 2 aliphatic rings. The van der Waals surface area contributed by atoms with Gasteiger partial charge in [0, 0.05) is 55.3 Å². The molecule has 0 atom stereocenters. The van der Waals surface area contributed by atoms with Gasteiger partial charge in [0.15, 0.2) is 5.78 Å². The molecule has 3 aromatic rings. The van der Waals surface area contributed by atoms with Crippen LogP contribution in [0.5, 0.6) is 0 Å². The standard InChI is InChI=1S/C29H30N4O2/c34-26(24-7-3-1-4-8-24)19-27-32-29(20-22-11-15-30-16-12-22,21-23-13-17-31-18-14-23)28(35)33(27)25-9-5-2-6-10-25/h1,3-4,7-8,11-19,25,32H,2,5-6,9-10,20-21H2. The Bertz CT molecular complexity index is 1150.